The first-order valence-corrected chi connectivity index (χ1v) is 7.38. The lowest BCUT2D eigenvalue weighted by Crippen LogP contribution is -2.36. The van der Waals surface area contributed by atoms with E-state index in [1.54, 1.807) is 0 Å². The molecular formula is C15H16BrN2S. The molecule has 0 bridgehead atoms. The third-order valence-corrected chi connectivity index (χ3v) is 3.61. The molecule has 1 atom stereocenters. The Labute approximate surface area is 128 Å². The molecule has 2 nitrogen and oxygen atoms in total. The highest BCUT2D eigenvalue weighted by Gasteiger charge is 2.07. The molecule has 2 rings (SSSR count). The van der Waals surface area contributed by atoms with E-state index in [0.29, 0.717) is 5.11 Å². The molecule has 1 aliphatic rings. The Kier molecular flexibility index (Phi) is 5.16. The van der Waals surface area contributed by atoms with Crippen LogP contribution in [0.1, 0.15) is 24.9 Å². The summed E-state index contributed by atoms with van der Waals surface area (Å²) in [5, 5.41) is 7.13. The van der Waals surface area contributed by atoms with Crippen molar-refractivity contribution in [1.29, 1.82) is 0 Å². The van der Waals surface area contributed by atoms with E-state index in [1.165, 1.54) is 5.56 Å². The molecule has 1 radical (unpaired) electrons. The second kappa shape index (κ2) is 6.87. The average molecular weight is 336 g/mol. The molecule has 0 aliphatic heterocycles. The van der Waals surface area contributed by atoms with Gasteiger partial charge in [0.2, 0.25) is 0 Å². The summed E-state index contributed by atoms with van der Waals surface area (Å²) in [5.41, 5.74) is 2.25. The van der Waals surface area contributed by atoms with Crippen LogP contribution in [0.15, 0.2) is 52.7 Å². The van der Waals surface area contributed by atoms with Crippen LogP contribution in [0, 0.1) is 6.42 Å². The summed E-state index contributed by atoms with van der Waals surface area (Å²) in [4.78, 5) is 0. The van der Waals surface area contributed by atoms with Gasteiger partial charge in [-0.25, -0.2) is 0 Å². The highest BCUT2D eigenvalue weighted by molar-refractivity contribution is 9.10. The maximum Gasteiger partial charge on any atom is 0.171 e. The van der Waals surface area contributed by atoms with Crippen LogP contribution in [0.2, 0.25) is 0 Å². The monoisotopic (exact) mass is 335 g/mol. The van der Waals surface area contributed by atoms with Gasteiger partial charge in [0.15, 0.2) is 5.11 Å². The van der Waals surface area contributed by atoms with E-state index >= 15 is 0 Å². The Hall–Kier alpha value is -1.13. The van der Waals surface area contributed by atoms with Crippen molar-refractivity contribution in [3.8, 4) is 0 Å². The fourth-order valence-electron chi connectivity index (χ4n) is 1.80. The molecule has 0 heterocycles. The van der Waals surface area contributed by atoms with E-state index in [4.69, 9.17) is 12.2 Å². The first-order chi connectivity index (χ1) is 9.15. The van der Waals surface area contributed by atoms with E-state index in [1.807, 2.05) is 24.3 Å². The number of benzene rings is 1. The first-order valence-electron chi connectivity index (χ1n) is 6.18. The van der Waals surface area contributed by atoms with Gasteiger partial charge in [0, 0.05) is 10.2 Å². The molecule has 19 heavy (non-hydrogen) atoms. The fraction of sp³-hybridized carbons (Fsp3) is 0.200. The predicted octanol–water partition coefficient (Wildman–Crippen LogP) is 4.02. The SMILES string of the molecule is CC(NC(=S)NC1=CC[CH]C=C1)c1ccc(Br)cc1. The second-order valence-electron chi connectivity index (χ2n) is 4.36. The number of hydrogen-bond acceptors (Lipinski definition) is 1. The average Bonchev–Trinajstić information content (AvgIpc) is 2.40. The summed E-state index contributed by atoms with van der Waals surface area (Å²) in [6.07, 6.45) is 9.21. The van der Waals surface area contributed by atoms with Crippen molar-refractivity contribution in [2.75, 3.05) is 0 Å². The van der Waals surface area contributed by atoms with Crippen molar-refractivity contribution < 1.29 is 0 Å². The largest absolute Gasteiger partial charge is 0.356 e. The minimum Gasteiger partial charge on any atom is -0.356 e. The van der Waals surface area contributed by atoms with E-state index in [2.05, 4.69) is 58.1 Å². The number of allylic oxidation sites excluding steroid dienone is 3. The highest BCUT2D eigenvalue weighted by Crippen LogP contribution is 2.16. The summed E-state index contributed by atoms with van der Waals surface area (Å²) >= 11 is 8.76. The van der Waals surface area contributed by atoms with Crippen LogP contribution >= 0.6 is 28.1 Å². The standard InChI is InChI=1S/C15H16BrN2S/c1-11(12-7-9-13(16)10-8-12)17-15(19)18-14-5-3-2-4-6-14/h2-3,5-11H,4H2,1H3,(H2,17,18,19). The molecule has 1 aromatic carbocycles. The molecule has 0 fully saturated rings. The lowest BCUT2D eigenvalue weighted by molar-refractivity contribution is 0.710. The molecule has 0 saturated heterocycles. The summed E-state index contributed by atoms with van der Waals surface area (Å²) in [6.45, 7) is 2.09. The Balaban J connectivity index is 1.89. The minimum absolute atomic E-state index is 0.174. The van der Waals surface area contributed by atoms with Crippen molar-refractivity contribution in [2.45, 2.75) is 19.4 Å². The zero-order valence-electron chi connectivity index (χ0n) is 10.7. The third-order valence-electron chi connectivity index (χ3n) is 2.86. The van der Waals surface area contributed by atoms with Gasteiger partial charge in [0.1, 0.15) is 0 Å². The maximum absolute atomic E-state index is 5.32. The molecule has 0 spiro atoms. The normalized spacial score (nSPS) is 15.6. The van der Waals surface area contributed by atoms with Crippen LogP contribution in [0.3, 0.4) is 0 Å². The predicted molar refractivity (Wildman–Crippen MR) is 87.6 cm³/mol. The lowest BCUT2D eigenvalue weighted by atomic mass is 10.1. The van der Waals surface area contributed by atoms with Gasteiger partial charge in [0.25, 0.3) is 0 Å². The zero-order chi connectivity index (χ0) is 13.7. The van der Waals surface area contributed by atoms with Gasteiger partial charge in [-0.3, -0.25) is 0 Å². The topological polar surface area (TPSA) is 24.1 Å². The van der Waals surface area contributed by atoms with Crippen LogP contribution < -0.4 is 10.6 Å². The number of nitrogens with one attached hydrogen (secondary N) is 2. The van der Waals surface area contributed by atoms with Crippen molar-refractivity contribution >= 4 is 33.3 Å². The number of halogens is 1. The molecule has 2 N–H and O–H groups in total. The van der Waals surface area contributed by atoms with Gasteiger partial charge in [0.05, 0.1) is 6.04 Å². The van der Waals surface area contributed by atoms with E-state index in [-0.39, 0.29) is 6.04 Å². The maximum atomic E-state index is 5.32. The number of rotatable bonds is 3. The molecule has 0 amide bonds. The summed E-state index contributed by atoms with van der Waals surface area (Å²) in [5.74, 6) is 0. The molecule has 1 unspecified atom stereocenters. The smallest absolute Gasteiger partial charge is 0.171 e. The molecule has 0 aromatic heterocycles. The molecule has 1 aliphatic carbocycles. The van der Waals surface area contributed by atoms with Gasteiger partial charge in [-0.05, 0) is 55.8 Å². The quantitative estimate of drug-likeness (QED) is 0.815. The van der Waals surface area contributed by atoms with Crippen molar-refractivity contribution in [3.63, 3.8) is 0 Å². The first kappa shape index (κ1) is 14.3. The fourth-order valence-corrected chi connectivity index (χ4v) is 2.36. The zero-order valence-corrected chi connectivity index (χ0v) is 13.1. The van der Waals surface area contributed by atoms with Gasteiger partial charge in [-0.2, -0.15) is 0 Å². The van der Waals surface area contributed by atoms with E-state index in [9.17, 15) is 0 Å². The molecule has 1 aromatic rings. The van der Waals surface area contributed by atoms with Gasteiger partial charge in [-0.15, -0.1) is 0 Å². The van der Waals surface area contributed by atoms with Crippen molar-refractivity contribution in [1.82, 2.24) is 10.6 Å². The Morgan fingerprint density at radius 1 is 1.32 bits per heavy atom. The molecule has 4 heteroatoms. The minimum atomic E-state index is 0.174. The Bertz CT molecular complexity index is 505. The van der Waals surface area contributed by atoms with Crippen LogP contribution in [-0.2, 0) is 0 Å². The van der Waals surface area contributed by atoms with E-state index < -0.39 is 0 Å². The van der Waals surface area contributed by atoms with Gasteiger partial charge < -0.3 is 10.6 Å². The van der Waals surface area contributed by atoms with E-state index in [0.717, 1.165) is 16.6 Å². The van der Waals surface area contributed by atoms with Crippen LogP contribution in [0.5, 0.6) is 0 Å². The van der Waals surface area contributed by atoms with Gasteiger partial charge in [-0.1, -0.05) is 40.2 Å². The second-order valence-corrected chi connectivity index (χ2v) is 5.69. The molecule has 99 valence electrons. The van der Waals surface area contributed by atoms with Crippen LogP contribution in [-0.4, -0.2) is 5.11 Å². The van der Waals surface area contributed by atoms with Crippen molar-refractivity contribution in [2.24, 2.45) is 0 Å². The Morgan fingerprint density at radius 3 is 2.68 bits per heavy atom. The van der Waals surface area contributed by atoms with Crippen LogP contribution in [0.25, 0.3) is 0 Å². The summed E-state index contributed by atoms with van der Waals surface area (Å²) in [6, 6.07) is 8.41. The third kappa shape index (κ3) is 4.48. The van der Waals surface area contributed by atoms with Crippen molar-refractivity contribution in [3.05, 3.63) is 64.6 Å². The number of hydrogen-bond donors (Lipinski definition) is 2. The van der Waals surface area contributed by atoms with Gasteiger partial charge >= 0.3 is 0 Å². The number of thiocarbonyl (C=S) groups is 1. The summed E-state index contributed by atoms with van der Waals surface area (Å²) in [7, 11) is 0. The molecular weight excluding hydrogens is 320 g/mol. The Morgan fingerprint density at radius 2 is 2.05 bits per heavy atom. The highest BCUT2D eigenvalue weighted by atomic mass is 79.9. The molecule has 0 saturated carbocycles. The summed E-state index contributed by atoms with van der Waals surface area (Å²) < 4.78 is 1.08. The lowest BCUT2D eigenvalue weighted by Gasteiger charge is -2.18. The van der Waals surface area contributed by atoms with Crippen LogP contribution in [0.4, 0.5) is 0 Å².